The van der Waals surface area contributed by atoms with Gasteiger partial charge in [0.15, 0.2) is 0 Å². The summed E-state index contributed by atoms with van der Waals surface area (Å²) < 4.78 is 10.7. The molecule has 2 aliphatic carbocycles. The number of Topliss-reactive ketones (excluding diaryl/α,β-unsaturated/α-hetero) is 1. The summed E-state index contributed by atoms with van der Waals surface area (Å²) in [5, 5.41) is 0. The third-order valence-electron chi connectivity index (χ3n) is 5.36. The van der Waals surface area contributed by atoms with Crippen LogP contribution in [0.4, 0.5) is 0 Å². The van der Waals surface area contributed by atoms with Crippen molar-refractivity contribution in [3.8, 4) is 0 Å². The molecule has 138 valence electrons. The minimum Gasteiger partial charge on any atom is -0.461 e. The molecule has 2 aromatic rings. The summed E-state index contributed by atoms with van der Waals surface area (Å²) in [5.74, 6) is -2.56. The maximum atomic E-state index is 12.4. The minimum absolute atomic E-state index is 0.0386. The quantitative estimate of drug-likeness (QED) is 0.737. The number of fused-ring (bicyclic) bond motifs is 1. The molecule has 4 atom stereocenters. The van der Waals surface area contributed by atoms with Gasteiger partial charge < -0.3 is 9.47 Å². The predicted molar refractivity (Wildman–Crippen MR) is 96.1 cm³/mol. The lowest BCUT2D eigenvalue weighted by atomic mass is 9.99. The first-order valence-corrected chi connectivity index (χ1v) is 9.09. The van der Waals surface area contributed by atoms with E-state index in [0.29, 0.717) is 0 Å². The van der Waals surface area contributed by atoms with Crippen LogP contribution in [0, 0.1) is 23.7 Å². The topological polar surface area (TPSA) is 69.7 Å². The molecule has 0 amide bonds. The van der Waals surface area contributed by atoms with Gasteiger partial charge in [0, 0.05) is 12.3 Å². The molecule has 0 aromatic heterocycles. The van der Waals surface area contributed by atoms with Crippen molar-refractivity contribution in [1.29, 1.82) is 0 Å². The Morgan fingerprint density at radius 1 is 0.815 bits per heavy atom. The number of rotatable bonds is 6. The van der Waals surface area contributed by atoms with Crippen LogP contribution in [0.1, 0.15) is 17.5 Å². The Kier molecular flexibility index (Phi) is 4.75. The van der Waals surface area contributed by atoms with Crippen LogP contribution in [0.25, 0.3) is 0 Å². The third kappa shape index (κ3) is 3.63. The molecule has 0 saturated heterocycles. The van der Waals surface area contributed by atoms with Gasteiger partial charge in [0.25, 0.3) is 0 Å². The average Bonchev–Trinajstić information content (AvgIpc) is 3.36. The van der Waals surface area contributed by atoms with Crippen molar-refractivity contribution in [2.75, 3.05) is 0 Å². The fraction of sp³-hybridized carbons (Fsp3) is 0.318. The molecule has 0 spiro atoms. The van der Waals surface area contributed by atoms with Crippen molar-refractivity contribution in [2.45, 2.75) is 19.6 Å². The second-order valence-corrected chi connectivity index (χ2v) is 7.09. The standard InChI is InChI=1S/C22H20O5/c23-17-11-16(21(24)26-12-14-7-3-1-4-8-14)18-19(17)20(18)22(25)27-13-15-9-5-2-6-10-15/h1-10,16,18-20H,11-13H2. The van der Waals surface area contributed by atoms with Gasteiger partial charge in [-0.15, -0.1) is 0 Å². The van der Waals surface area contributed by atoms with E-state index in [-0.39, 0.29) is 37.3 Å². The summed E-state index contributed by atoms with van der Waals surface area (Å²) in [7, 11) is 0. The zero-order valence-electron chi connectivity index (χ0n) is 14.7. The van der Waals surface area contributed by atoms with E-state index < -0.39 is 23.8 Å². The highest BCUT2D eigenvalue weighted by Gasteiger charge is 2.68. The average molecular weight is 364 g/mol. The maximum absolute atomic E-state index is 12.4. The zero-order valence-corrected chi connectivity index (χ0v) is 14.7. The van der Waals surface area contributed by atoms with Crippen LogP contribution in [-0.4, -0.2) is 17.7 Å². The van der Waals surface area contributed by atoms with Gasteiger partial charge in [0.2, 0.25) is 0 Å². The van der Waals surface area contributed by atoms with Crippen LogP contribution in [0.2, 0.25) is 0 Å². The number of benzene rings is 2. The first kappa shape index (κ1) is 17.5. The van der Waals surface area contributed by atoms with E-state index >= 15 is 0 Å². The molecule has 0 radical (unpaired) electrons. The molecule has 4 rings (SSSR count). The first-order valence-electron chi connectivity index (χ1n) is 9.09. The van der Waals surface area contributed by atoms with Crippen molar-refractivity contribution in [3.05, 3.63) is 71.8 Å². The maximum Gasteiger partial charge on any atom is 0.310 e. The summed E-state index contributed by atoms with van der Waals surface area (Å²) in [6, 6.07) is 18.8. The van der Waals surface area contributed by atoms with Gasteiger partial charge in [-0.3, -0.25) is 14.4 Å². The van der Waals surface area contributed by atoms with E-state index in [1.54, 1.807) is 0 Å². The van der Waals surface area contributed by atoms with Crippen LogP contribution >= 0.6 is 0 Å². The van der Waals surface area contributed by atoms with Gasteiger partial charge in [-0.2, -0.15) is 0 Å². The van der Waals surface area contributed by atoms with E-state index in [2.05, 4.69) is 0 Å². The van der Waals surface area contributed by atoms with E-state index in [1.807, 2.05) is 60.7 Å². The second-order valence-electron chi connectivity index (χ2n) is 7.09. The lowest BCUT2D eigenvalue weighted by Gasteiger charge is -2.13. The monoisotopic (exact) mass is 364 g/mol. The van der Waals surface area contributed by atoms with Gasteiger partial charge in [-0.25, -0.2) is 0 Å². The summed E-state index contributed by atoms with van der Waals surface area (Å²) in [6.45, 7) is 0.345. The Bertz CT molecular complexity index is 846. The lowest BCUT2D eigenvalue weighted by Crippen LogP contribution is -2.23. The normalized spacial score (nSPS) is 25.6. The Labute approximate surface area is 157 Å². The molecule has 0 aliphatic heterocycles. The fourth-order valence-electron chi connectivity index (χ4n) is 3.94. The Hall–Kier alpha value is -2.95. The molecule has 2 aliphatic rings. The largest absolute Gasteiger partial charge is 0.461 e. The highest BCUT2D eigenvalue weighted by Crippen LogP contribution is 2.59. The van der Waals surface area contributed by atoms with Crippen LogP contribution < -0.4 is 0 Å². The molecule has 0 bridgehead atoms. The smallest absolute Gasteiger partial charge is 0.310 e. The number of esters is 2. The molecule has 5 heteroatoms. The van der Waals surface area contributed by atoms with Crippen molar-refractivity contribution in [3.63, 3.8) is 0 Å². The number of carbonyl (C=O) groups excluding carboxylic acids is 3. The van der Waals surface area contributed by atoms with E-state index in [1.165, 1.54) is 0 Å². The summed E-state index contributed by atoms with van der Waals surface area (Å²) in [5.41, 5.74) is 1.78. The molecule has 2 aromatic carbocycles. The number of ketones is 1. The zero-order chi connectivity index (χ0) is 18.8. The van der Waals surface area contributed by atoms with Crippen molar-refractivity contribution in [1.82, 2.24) is 0 Å². The third-order valence-corrected chi connectivity index (χ3v) is 5.36. The molecular weight excluding hydrogens is 344 g/mol. The van der Waals surface area contributed by atoms with E-state index in [4.69, 9.17) is 9.47 Å². The van der Waals surface area contributed by atoms with Crippen molar-refractivity contribution in [2.24, 2.45) is 23.7 Å². The van der Waals surface area contributed by atoms with Crippen LogP contribution in [0.5, 0.6) is 0 Å². The highest BCUT2D eigenvalue weighted by molar-refractivity contribution is 5.99. The summed E-state index contributed by atoms with van der Waals surface area (Å²) >= 11 is 0. The van der Waals surface area contributed by atoms with Gasteiger partial charge in [0.05, 0.1) is 11.8 Å². The predicted octanol–water partition coefficient (Wildman–Crippen LogP) is 2.92. The van der Waals surface area contributed by atoms with E-state index in [9.17, 15) is 14.4 Å². The number of hydrogen-bond acceptors (Lipinski definition) is 5. The number of carbonyl (C=O) groups is 3. The van der Waals surface area contributed by atoms with Crippen molar-refractivity contribution < 1.29 is 23.9 Å². The molecule has 0 heterocycles. The Balaban J connectivity index is 1.33. The van der Waals surface area contributed by atoms with Crippen molar-refractivity contribution >= 4 is 17.7 Å². The molecule has 2 saturated carbocycles. The SMILES string of the molecule is O=C(OCc1ccccc1)C1CC(=O)C2C(C(=O)OCc3ccccc3)C12. The molecule has 2 fully saturated rings. The molecule has 5 nitrogen and oxygen atoms in total. The first-order chi connectivity index (χ1) is 13.1. The molecule has 0 N–H and O–H groups in total. The van der Waals surface area contributed by atoms with Gasteiger partial charge in [-0.1, -0.05) is 60.7 Å². The fourth-order valence-corrected chi connectivity index (χ4v) is 3.94. The number of hydrogen-bond donors (Lipinski definition) is 0. The number of ether oxygens (including phenoxy) is 2. The summed E-state index contributed by atoms with van der Waals surface area (Å²) in [6.07, 6.45) is 0.158. The minimum atomic E-state index is -0.541. The second kappa shape index (κ2) is 7.35. The molecule has 27 heavy (non-hydrogen) atoms. The van der Waals surface area contributed by atoms with Crippen LogP contribution in [0.15, 0.2) is 60.7 Å². The van der Waals surface area contributed by atoms with Gasteiger partial charge in [0.1, 0.15) is 19.0 Å². The molecular formula is C22H20O5. The molecule has 4 unspecified atom stereocenters. The van der Waals surface area contributed by atoms with Gasteiger partial charge in [-0.05, 0) is 17.0 Å². The van der Waals surface area contributed by atoms with E-state index in [0.717, 1.165) is 11.1 Å². The van der Waals surface area contributed by atoms with Crippen LogP contribution in [-0.2, 0) is 37.1 Å². The Morgan fingerprint density at radius 3 is 1.89 bits per heavy atom. The summed E-state index contributed by atoms with van der Waals surface area (Å²) in [4.78, 5) is 37.0. The highest BCUT2D eigenvalue weighted by atomic mass is 16.5. The van der Waals surface area contributed by atoms with Gasteiger partial charge >= 0.3 is 11.9 Å². The Morgan fingerprint density at radius 2 is 1.33 bits per heavy atom. The lowest BCUT2D eigenvalue weighted by molar-refractivity contribution is -0.153. The van der Waals surface area contributed by atoms with Crippen LogP contribution in [0.3, 0.4) is 0 Å².